The second-order valence-corrected chi connectivity index (χ2v) is 4.48. The van der Waals surface area contributed by atoms with Gasteiger partial charge in [0, 0.05) is 28.8 Å². The zero-order valence-corrected chi connectivity index (χ0v) is 10.2. The number of benzene rings is 1. The highest BCUT2D eigenvalue weighted by molar-refractivity contribution is 7.98. The van der Waals surface area contributed by atoms with Crippen molar-refractivity contribution >= 4 is 23.4 Å². The Morgan fingerprint density at radius 3 is 2.81 bits per heavy atom. The van der Waals surface area contributed by atoms with Gasteiger partial charge in [0.2, 0.25) is 0 Å². The first-order valence-corrected chi connectivity index (χ1v) is 6.34. The summed E-state index contributed by atoms with van der Waals surface area (Å²) >= 11 is 7.68. The summed E-state index contributed by atoms with van der Waals surface area (Å²) < 4.78 is 0. The highest BCUT2D eigenvalue weighted by Gasteiger charge is 2.08. The summed E-state index contributed by atoms with van der Waals surface area (Å²) in [5.41, 5.74) is 1.73. The molecule has 0 fully saturated rings. The number of aromatic amines is 1. The minimum absolute atomic E-state index is 0.0132. The molecule has 2 nitrogen and oxygen atoms in total. The number of aromatic nitrogens is 1. The largest absolute Gasteiger partial charge is 0.361 e. The van der Waals surface area contributed by atoms with E-state index in [-0.39, 0.29) is 5.43 Å². The van der Waals surface area contributed by atoms with Crippen molar-refractivity contribution in [1.29, 1.82) is 0 Å². The molecule has 0 saturated carbocycles. The van der Waals surface area contributed by atoms with Gasteiger partial charge in [-0.3, -0.25) is 4.79 Å². The highest BCUT2D eigenvalue weighted by atomic mass is 35.5. The van der Waals surface area contributed by atoms with Gasteiger partial charge in [-0.2, -0.15) is 0 Å². The van der Waals surface area contributed by atoms with Crippen LogP contribution in [0.25, 0.3) is 11.3 Å². The van der Waals surface area contributed by atoms with E-state index < -0.39 is 0 Å². The van der Waals surface area contributed by atoms with Crippen LogP contribution >= 0.6 is 23.4 Å². The summed E-state index contributed by atoms with van der Waals surface area (Å²) in [6.07, 6.45) is 3.61. The summed E-state index contributed by atoms with van der Waals surface area (Å²) in [7, 11) is 0. The summed E-state index contributed by atoms with van der Waals surface area (Å²) in [6.45, 7) is 0. The van der Waals surface area contributed by atoms with Crippen LogP contribution in [0.2, 0.25) is 5.02 Å². The van der Waals surface area contributed by atoms with Gasteiger partial charge >= 0.3 is 0 Å². The SMILES string of the molecule is CSc1c(Cl)cccc1-c1cc(=O)cc[nH]1. The molecule has 2 aromatic rings. The van der Waals surface area contributed by atoms with Crippen molar-refractivity contribution in [1.82, 2.24) is 4.98 Å². The minimum Gasteiger partial charge on any atom is -0.361 e. The number of pyridine rings is 1. The van der Waals surface area contributed by atoms with Crippen molar-refractivity contribution in [3.8, 4) is 11.3 Å². The molecule has 0 radical (unpaired) electrons. The van der Waals surface area contributed by atoms with Gasteiger partial charge in [-0.25, -0.2) is 0 Å². The van der Waals surface area contributed by atoms with Crippen molar-refractivity contribution in [3.63, 3.8) is 0 Å². The van der Waals surface area contributed by atoms with Gasteiger partial charge in [0.05, 0.1) is 10.7 Å². The molecule has 1 N–H and O–H groups in total. The van der Waals surface area contributed by atoms with E-state index in [4.69, 9.17) is 11.6 Å². The number of hydrogen-bond acceptors (Lipinski definition) is 2. The van der Waals surface area contributed by atoms with Crippen LogP contribution in [-0.4, -0.2) is 11.2 Å². The molecule has 0 spiro atoms. The number of hydrogen-bond donors (Lipinski definition) is 1. The molecule has 0 aliphatic carbocycles. The predicted molar refractivity (Wildman–Crippen MR) is 69.3 cm³/mol. The van der Waals surface area contributed by atoms with E-state index in [1.54, 1.807) is 24.0 Å². The first-order valence-electron chi connectivity index (χ1n) is 4.74. The van der Waals surface area contributed by atoms with Crippen LogP contribution in [-0.2, 0) is 0 Å². The van der Waals surface area contributed by atoms with E-state index in [1.165, 1.54) is 6.07 Å². The third-order valence-corrected chi connectivity index (χ3v) is 3.51. The first-order chi connectivity index (χ1) is 7.72. The van der Waals surface area contributed by atoms with Crippen LogP contribution in [0.5, 0.6) is 0 Å². The lowest BCUT2D eigenvalue weighted by atomic mass is 10.1. The quantitative estimate of drug-likeness (QED) is 0.830. The Morgan fingerprint density at radius 2 is 2.12 bits per heavy atom. The fourth-order valence-electron chi connectivity index (χ4n) is 1.53. The van der Waals surface area contributed by atoms with E-state index in [2.05, 4.69) is 4.98 Å². The van der Waals surface area contributed by atoms with E-state index in [0.717, 1.165) is 16.2 Å². The van der Waals surface area contributed by atoms with E-state index in [0.29, 0.717) is 5.02 Å². The average Bonchev–Trinajstić information content (AvgIpc) is 2.28. The molecular formula is C12H10ClNOS. The maximum atomic E-state index is 11.3. The number of rotatable bonds is 2. The Kier molecular flexibility index (Phi) is 3.36. The Labute approximate surface area is 103 Å². The molecule has 0 amide bonds. The normalized spacial score (nSPS) is 10.4. The number of thioether (sulfide) groups is 1. The van der Waals surface area contributed by atoms with Crippen LogP contribution in [0.4, 0.5) is 0 Å². The van der Waals surface area contributed by atoms with E-state index in [1.807, 2.05) is 24.5 Å². The molecule has 0 aliphatic rings. The second-order valence-electron chi connectivity index (χ2n) is 3.26. The smallest absolute Gasteiger partial charge is 0.182 e. The number of nitrogens with one attached hydrogen (secondary N) is 1. The Bertz CT molecular complexity index is 565. The standard InChI is InChI=1S/C12H10ClNOS/c1-16-12-9(3-2-4-10(12)13)11-7-8(15)5-6-14-11/h2-7H,1H3,(H,14,15). The van der Waals surface area contributed by atoms with Gasteiger partial charge in [0.25, 0.3) is 0 Å². The molecular weight excluding hydrogens is 242 g/mol. The van der Waals surface area contributed by atoms with Gasteiger partial charge in [0.15, 0.2) is 5.43 Å². The van der Waals surface area contributed by atoms with Crippen LogP contribution in [0.15, 0.2) is 46.2 Å². The van der Waals surface area contributed by atoms with Crippen LogP contribution in [0, 0.1) is 0 Å². The van der Waals surface area contributed by atoms with Gasteiger partial charge in [0.1, 0.15) is 0 Å². The average molecular weight is 252 g/mol. The third-order valence-electron chi connectivity index (χ3n) is 2.23. The lowest BCUT2D eigenvalue weighted by Gasteiger charge is -2.08. The summed E-state index contributed by atoms with van der Waals surface area (Å²) in [5, 5.41) is 0.703. The molecule has 0 saturated heterocycles. The van der Waals surface area contributed by atoms with Crippen molar-refractivity contribution in [2.45, 2.75) is 4.90 Å². The predicted octanol–water partition coefficient (Wildman–Crippen LogP) is 3.42. The Balaban J connectivity index is 2.64. The molecule has 0 bridgehead atoms. The highest BCUT2D eigenvalue weighted by Crippen LogP contribution is 2.34. The monoisotopic (exact) mass is 251 g/mol. The summed E-state index contributed by atoms with van der Waals surface area (Å²) in [4.78, 5) is 15.3. The van der Waals surface area contributed by atoms with Crippen molar-refractivity contribution in [3.05, 3.63) is 51.8 Å². The van der Waals surface area contributed by atoms with Gasteiger partial charge in [-0.05, 0) is 12.3 Å². The fraction of sp³-hybridized carbons (Fsp3) is 0.0833. The molecule has 2 rings (SSSR count). The number of H-pyrrole nitrogens is 1. The summed E-state index contributed by atoms with van der Waals surface area (Å²) in [6, 6.07) is 8.74. The Hall–Kier alpha value is -1.19. The lowest BCUT2D eigenvalue weighted by molar-refractivity contribution is 1.28. The third kappa shape index (κ3) is 2.15. The first kappa shape index (κ1) is 11.3. The molecule has 16 heavy (non-hydrogen) atoms. The van der Waals surface area contributed by atoms with Gasteiger partial charge in [-0.15, -0.1) is 11.8 Å². The van der Waals surface area contributed by atoms with E-state index in [9.17, 15) is 4.79 Å². The van der Waals surface area contributed by atoms with E-state index >= 15 is 0 Å². The molecule has 1 aromatic heterocycles. The summed E-state index contributed by atoms with van der Waals surface area (Å²) in [5.74, 6) is 0. The molecule has 0 unspecified atom stereocenters. The van der Waals surface area contributed by atoms with Crippen LogP contribution in [0.1, 0.15) is 0 Å². The molecule has 0 aliphatic heterocycles. The molecule has 82 valence electrons. The molecule has 1 aromatic carbocycles. The van der Waals surface area contributed by atoms with Crippen LogP contribution < -0.4 is 5.43 Å². The molecule has 1 heterocycles. The second kappa shape index (κ2) is 4.76. The van der Waals surface area contributed by atoms with Crippen LogP contribution in [0.3, 0.4) is 0 Å². The van der Waals surface area contributed by atoms with Crippen molar-refractivity contribution in [2.75, 3.05) is 6.26 Å². The van der Waals surface area contributed by atoms with Crippen molar-refractivity contribution in [2.24, 2.45) is 0 Å². The Morgan fingerprint density at radius 1 is 1.31 bits per heavy atom. The fourth-order valence-corrected chi connectivity index (χ4v) is 2.60. The molecule has 0 atom stereocenters. The topological polar surface area (TPSA) is 32.9 Å². The van der Waals surface area contributed by atoms with Crippen molar-refractivity contribution < 1.29 is 0 Å². The van der Waals surface area contributed by atoms with Gasteiger partial charge < -0.3 is 4.98 Å². The van der Waals surface area contributed by atoms with Gasteiger partial charge in [-0.1, -0.05) is 23.7 Å². The molecule has 4 heteroatoms. The maximum Gasteiger partial charge on any atom is 0.182 e. The number of halogens is 1. The zero-order chi connectivity index (χ0) is 11.5. The maximum absolute atomic E-state index is 11.3. The lowest BCUT2D eigenvalue weighted by Crippen LogP contribution is -1.98. The zero-order valence-electron chi connectivity index (χ0n) is 8.66. The minimum atomic E-state index is -0.0132.